The van der Waals surface area contributed by atoms with Crippen LogP contribution in [0.3, 0.4) is 0 Å². The molecule has 0 saturated heterocycles. The maximum atomic E-state index is 13.3. The summed E-state index contributed by atoms with van der Waals surface area (Å²) >= 11 is 12.3. The monoisotopic (exact) mass is 516 g/mol. The zero-order valence-corrected chi connectivity index (χ0v) is 19.9. The molecule has 8 nitrogen and oxygen atoms in total. The van der Waals surface area contributed by atoms with E-state index in [1.807, 2.05) is 6.07 Å². The van der Waals surface area contributed by atoms with Crippen LogP contribution in [0, 0.1) is 11.3 Å². The van der Waals surface area contributed by atoms with E-state index >= 15 is 0 Å². The first-order valence-electron chi connectivity index (χ1n) is 9.76. The highest BCUT2D eigenvalue weighted by atomic mass is 35.5. The molecule has 0 heterocycles. The molecule has 0 aromatic heterocycles. The normalized spacial score (nSPS) is 11.1. The van der Waals surface area contributed by atoms with Crippen LogP contribution < -0.4 is 14.5 Å². The SMILES string of the molecule is N#CCOc1ccc(/C=N\NC(=O)CN(c2cccc(Cl)c2Cl)S(=O)(=O)c2ccccc2)cc1. The molecule has 0 radical (unpaired) electrons. The fourth-order valence-corrected chi connectivity index (χ4v) is 4.72. The van der Waals surface area contributed by atoms with Crippen molar-refractivity contribution in [3.63, 3.8) is 0 Å². The van der Waals surface area contributed by atoms with Crippen LogP contribution in [-0.4, -0.2) is 33.7 Å². The van der Waals surface area contributed by atoms with Gasteiger partial charge in [0.1, 0.15) is 18.4 Å². The Balaban J connectivity index is 1.79. The molecule has 34 heavy (non-hydrogen) atoms. The first-order valence-corrected chi connectivity index (χ1v) is 12.0. The molecule has 0 fully saturated rings. The van der Waals surface area contributed by atoms with Gasteiger partial charge in [0.15, 0.2) is 6.61 Å². The Kier molecular flexibility index (Phi) is 8.49. The van der Waals surface area contributed by atoms with E-state index in [-0.39, 0.29) is 27.2 Å². The summed E-state index contributed by atoms with van der Waals surface area (Å²) in [5.74, 6) is -0.177. The average Bonchev–Trinajstić information content (AvgIpc) is 2.84. The third-order valence-corrected chi connectivity index (χ3v) is 6.99. The Hall–Kier alpha value is -3.58. The van der Waals surface area contributed by atoms with Crippen LogP contribution in [0.1, 0.15) is 5.56 Å². The maximum absolute atomic E-state index is 13.3. The van der Waals surface area contributed by atoms with E-state index in [1.165, 1.54) is 36.5 Å². The summed E-state index contributed by atoms with van der Waals surface area (Å²) in [6, 6.07) is 20.7. The minimum Gasteiger partial charge on any atom is -0.479 e. The van der Waals surface area contributed by atoms with Crippen LogP contribution >= 0.6 is 23.2 Å². The van der Waals surface area contributed by atoms with E-state index in [0.717, 1.165) is 4.31 Å². The number of carbonyl (C=O) groups excluding carboxylic acids is 1. The van der Waals surface area contributed by atoms with Gasteiger partial charge in [0.2, 0.25) is 0 Å². The fraction of sp³-hybridized carbons (Fsp3) is 0.0870. The summed E-state index contributed by atoms with van der Waals surface area (Å²) in [6.45, 7) is -0.655. The molecule has 3 rings (SSSR count). The zero-order chi connectivity index (χ0) is 24.6. The highest BCUT2D eigenvalue weighted by Crippen LogP contribution is 2.35. The second kappa shape index (κ2) is 11.5. The van der Waals surface area contributed by atoms with Crippen molar-refractivity contribution in [1.29, 1.82) is 5.26 Å². The molecule has 174 valence electrons. The number of rotatable bonds is 9. The molecule has 0 aliphatic heterocycles. The van der Waals surface area contributed by atoms with E-state index in [9.17, 15) is 13.2 Å². The van der Waals surface area contributed by atoms with E-state index < -0.39 is 22.5 Å². The first-order chi connectivity index (χ1) is 16.3. The standard InChI is InChI=1S/C23H18Cl2N4O4S/c24-20-7-4-8-21(23(20)25)29(34(31,32)19-5-2-1-3-6-19)16-22(30)28-27-15-17-9-11-18(12-10-17)33-14-13-26/h1-12,15H,14,16H2,(H,28,30)/b27-15-. The van der Waals surface area contributed by atoms with Crippen LogP contribution in [-0.2, 0) is 14.8 Å². The van der Waals surface area contributed by atoms with Crippen molar-refractivity contribution in [1.82, 2.24) is 5.43 Å². The van der Waals surface area contributed by atoms with Gasteiger partial charge in [-0.25, -0.2) is 13.8 Å². The molecule has 0 aliphatic carbocycles. The number of halogens is 2. The van der Waals surface area contributed by atoms with Crippen LogP contribution in [0.25, 0.3) is 0 Å². The van der Waals surface area contributed by atoms with Crippen molar-refractivity contribution in [2.24, 2.45) is 5.10 Å². The van der Waals surface area contributed by atoms with Gasteiger partial charge < -0.3 is 4.74 Å². The van der Waals surface area contributed by atoms with Crippen LogP contribution in [0.5, 0.6) is 5.75 Å². The summed E-state index contributed by atoms with van der Waals surface area (Å²) in [5, 5.41) is 12.6. The Morgan fingerprint density at radius 2 is 1.76 bits per heavy atom. The molecular weight excluding hydrogens is 499 g/mol. The number of hydrogen-bond donors (Lipinski definition) is 1. The summed E-state index contributed by atoms with van der Waals surface area (Å²) < 4.78 is 32.7. The smallest absolute Gasteiger partial charge is 0.264 e. The van der Waals surface area contributed by atoms with Crippen LogP contribution in [0.2, 0.25) is 10.0 Å². The van der Waals surface area contributed by atoms with Gasteiger partial charge in [-0.3, -0.25) is 9.10 Å². The molecule has 0 aliphatic rings. The van der Waals surface area contributed by atoms with E-state index in [4.69, 9.17) is 33.2 Å². The Morgan fingerprint density at radius 1 is 1.06 bits per heavy atom. The Bertz CT molecular complexity index is 1330. The lowest BCUT2D eigenvalue weighted by molar-refractivity contribution is -0.119. The van der Waals surface area contributed by atoms with Crippen molar-refractivity contribution < 1.29 is 17.9 Å². The van der Waals surface area contributed by atoms with Crippen molar-refractivity contribution in [2.45, 2.75) is 4.90 Å². The van der Waals surface area contributed by atoms with Gasteiger partial charge in [-0.05, 0) is 54.1 Å². The van der Waals surface area contributed by atoms with Crippen molar-refractivity contribution >= 4 is 51.0 Å². The predicted molar refractivity (Wildman–Crippen MR) is 131 cm³/mol. The molecule has 11 heteroatoms. The summed E-state index contributed by atoms with van der Waals surface area (Å²) in [4.78, 5) is 12.6. The lowest BCUT2D eigenvalue weighted by atomic mass is 10.2. The number of carbonyl (C=O) groups is 1. The molecule has 0 atom stereocenters. The largest absolute Gasteiger partial charge is 0.479 e. The summed E-state index contributed by atoms with van der Waals surface area (Å²) in [5.41, 5.74) is 3.02. The van der Waals surface area contributed by atoms with E-state index in [0.29, 0.717) is 11.3 Å². The molecule has 3 aromatic rings. The number of anilines is 1. The van der Waals surface area contributed by atoms with Crippen LogP contribution in [0.4, 0.5) is 5.69 Å². The maximum Gasteiger partial charge on any atom is 0.264 e. The number of hydrazone groups is 1. The minimum absolute atomic E-state index is 0.00122. The lowest BCUT2D eigenvalue weighted by Gasteiger charge is -2.24. The summed E-state index contributed by atoms with van der Waals surface area (Å²) in [6.07, 6.45) is 1.38. The van der Waals surface area contributed by atoms with Gasteiger partial charge >= 0.3 is 0 Å². The van der Waals surface area contributed by atoms with Crippen LogP contribution in [0.15, 0.2) is 82.8 Å². The number of nitriles is 1. The Morgan fingerprint density at radius 3 is 2.44 bits per heavy atom. The quantitative estimate of drug-likeness (QED) is 0.337. The third kappa shape index (κ3) is 6.26. The number of hydrogen-bond acceptors (Lipinski definition) is 6. The van der Waals surface area contributed by atoms with Gasteiger partial charge in [0.05, 0.1) is 26.8 Å². The van der Waals surface area contributed by atoms with E-state index in [2.05, 4.69) is 10.5 Å². The highest BCUT2D eigenvalue weighted by molar-refractivity contribution is 7.92. The number of nitrogens with zero attached hydrogens (tertiary/aromatic N) is 3. The lowest BCUT2D eigenvalue weighted by Crippen LogP contribution is -2.39. The van der Waals surface area contributed by atoms with Gasteiger partial charge in [-0.1, -0.05) is 47.5 Å². The topological polar surface area (TPSA) is 112 Å². The molecule has 0 bridgehead atoms. The second-order valence-corrected chi connectivity index (χ2v) is 9.35. The molecular formula is C23H18Cl2N4O4S. The van der Waals surface area contributed by atoms with Gasteiger partial charge in [0, 0.05) is 0 Å². The first kappa shape index (κ1) is 25.1. The number of amides is 1. The van der Waals surface area contributed by atoms with Crippen molar-refractivity contribution in [3.8, 4) is 11.8 Å². The van der Waals surface area contributed by atoms with E-state index in [1.54, 1.807) is 42.5 Å². The fourth-order valence-electron chi connectivity index (χ4n) is 2.81. The number of nitrogens with one attached hydrogen (secondary N) is 1. The van der Waals surface area contributed by atoms with Gasteiger partial charge in [0.25, 0.3) is 15.9 Å². The zero-order valence-electron chi connectivity index (χ0n) is 17.6. The predicted octanol–water partition coefficient (Wildman–Crippen LogP) is 4.24. The van der Waals surface area contributed by atoms with Gasteiger partial charge in [-0.2, -0.15) is 10.4 Å². The number of ether oxygens (including phenoxy) is 1. The second-order valence-electron chi connectivity index (χ2n) is 6.71. The average molecular weight is 517 g/mol. The minimum atomic E-state index is -4.14. The molecule has 0 saturated carbocycles. The van der Waals surface area contributed by atoms with Crippen molar-refractivity contribution in [3.05, 3.63) is 88.4 Å². The number of sulfonamides is 1. The number of benzene rings is 3. The molecule has 0 unspecified atom stereocenters. The van der Waals surface area contributed by atoms with Crippen molar-refractivity contribution in [2.75, 3.05) is 17.5 Å². The molecule has 1 amide bonds. The third-order valence-electron chi connectivity index (χ3n) is 4.40. The van der Waals surface area contributed by atoms with Gasteiger partial charge in [-0.15, -0.1) is 0 Å². The Labute approximate surface area is 207 Å². The molecule has 1 N–H and O–H groups in total. The molecule has 0 spiro atoms. The highest BCUT2D eigenvalue weighted by Gasteiger charge is 2.29. The summed E-state index contributed by atoms with van der Waals surface area (Å²) in [7, 11) is -4.14. The molecule has 3 aromatic carbocycles.